The van der Waals surface area contributed by atoms with E-state index < -0.39 is 5.41 Å². The third-order valence-electron chi connectivity index (χ3n) is 11.9. The summed E-state index contributed by atoms with van der Waals surface area (Å²) in [4.78, 5) is 0. The van der Waals surface area contributed by atoms with Crippen molar-refractivity contribution >= 4 is 38.0 Å². The molecule has 9 aromatic carbocycles. The summed E-state index contributed by atoms with van der Waals surface area (Å²) < 4.78 is 6.64. The molecule has 2 nitrogen and oxygen atoms in total. The van der Waals surface area contributed by atoms with Crippen LogP contribution in [0.25, 0.3) is 65.7 Å². The summed E-state index contributed by atoms with van der Waals surface area (Å²) in [5, 5.41) is 10.9. The summed E-state index contributed by atoms with van der Waals surface area (Å²) in [6.07, 6.45) is -0.206. The van der Waals surface area contributed by atoms with Crippen molar-refractivity contribution < 1.29 is 4.74 Å². The highest BCUT2D eigenvalue weighted by Crippen LogP contribution is 2.63. The molecule has 12 rings (SSSR count). The first-order valence-electron chi connectivity index (χ1n) is 18.1. The number of ether oxygens (including phenoxy) is 1. The largest absolute Gasteiger partial charge is 0.464 e. The Balaban J connectivity index is 1.06. The van der Waals surface area contributed by atoms with Gasteiger partial charge in [0, 0.05) is 10.9 Å². The van der Waals surface area contributed by atoms with Crippen molar-refractivity contribution in [2.24, 2.45) is 0 Å². The zero-order chi connectivity index (χ0) is 34.0. The van der Waals surface area contributed by atoms with E-state index in [9.17, 15) is 0 Å². The average Bonchev–Trinajstić information content (AvgIpc) is 3.87. The van der Waals surface area contributed by atoms with Gasteiger partial charge in [0.05, 0.1) is 11.1 Å². The lowest BCUT2D eigenvalue weighted by molar-refractivity contribution is 0.263. The van der Waals surface area contributed by atoms with Crippen LogP contribution >= 0.6 is 0 Å². The average molecular weight is 662 g/mol. The minimum Gasteiger partial charge on any atom is -0.464 e. The predicted octanol–water partition coefficient (Wildman–Crippen LogP) is 12.7. The molecule has 3 aliphatic rings. The monoisotopic (exact) mass is 661 g/mol. The van der Waals surface area contributed by atoms with Gasteiger partial charge in [0.15, 0.2) is 12.0 Å². The van der Waals surface area contributed by atoms with Crippen LogP contribution in [-0.4, -0.2) is 0 Å². The van der Waals surface area contributed by atoms with E-state index in [1.165, 1.54) is 82.6 Å². The van der Waals surface area contributed by atoms with Crippen molar-refractivity contribution in [2.75, 3.05) is 5.32 Å². The van der Waals surface area contributed by atoms with E-state index >= 15 is 0 Å². The molecular weight excluding hydrogens is 631 g/mol. The molecule has 1 spiro atoms. The van der Waals surface area contributed by atoms with Gasteiger partial charge in [0.25, 0.3) is 0 Å². The van der Waals surface area contributed by atoms with Crippen molar-refractivity contribution in [1.29, 1.82) is 0 Å². The van der Waals surface area contributed by atoms with Gasteiger partial charge in [-0.25, -0.2) is 0 Å². The van der Waals surface area contributed by atoms with Crippen LogP contribution in [0, 0.1) is 0 Å². The third-order valence-corrected chi connectivity index (χ3v) is 11.9. The molecule has 2 heteroatoms. The van der Waals surface area contributed by atoms with Gasteiger partial charge in [0.2, 0.25) is 0 Å². The molecule has 1 N–H and O–H groups in total. The fourth-order valence-electron chi connectivity index (χ4n) is 9.61. The van der Waals surface area contributed by atoms with Gasteiger partial charge < -0.3 is 10.1 Å². The highest BCUT2D eigenvalue weighted by atomic mass is 16.5. The van der Waals surface area contributed by atoms with Crippen LogP contribution in [0.15, 0.2) is 176 Å². The number of fused-ring (bicyclic) bond motifs is 16. The Hall–Kier alpha value is -6.64. The fraction of sp³-hybridized carbons (Fsp3) is 0.0400. The lowest BCUT2D eigenvalue weighted by Crippen LogP contribution is -2.25. The minimum atomic E-state index is -0.398. The Labute approximate surface area is 301 Å². The van der Waals surface area contributed by atoms with Gasteiger partial charge in [-0.1, -0.05) is 146 Å². The number of anilines is 1. The van der Waals surface area contributed by atoms with E-state index in [1.54, 1.807) is 0 Å². The second-order valence-electron chi connectivity index (χ2n) is 14.4. The molecule has 0 bridgehead atoms. The van der Waals surface area contributed by atoms with E-state index in [4.69, 9.17) is 4.74 Å². The minimum absolute atomic E-state index is 0.206. The summed E-state index contributed by atoms with van der Waals surface area (Å²) in [5.41, 5.74) is 14.9. The van der Waals surface area contributed by atoms with Crippen molar-refractivity contribution in [3.8, 4) is 39.1 Å². The molecule has 1 unspecified atom stereocenters. The number of hydrogen-bond donors (Lipinski definition) is 1. The molecule has 9 aromatic rings. The van der Waals surface area contributed by atoms with Crippen LogP contribution in [-0.2, 0) is 5.41 Å². The van der Waals surface area contributed by atoms with Gasteiger partial charge in [-0.05, 0) is 113 Å². The summed E-state index contributed by atoms with van der Waals surface area (Å²) in [7, 11) is 0. The van der Waals surface area contributed by atoms with Gasteiger partial charge in [-0.2, -0.15) is 0 Å². The number of rotatable bonds is 2. The predicted molar refractivity (Wildman–Crippen MR) is 214 cm³/mol. The molecule has 1 heterocycles. The van der Waals surface area contributed by atoms with Gasteiger partial charge in [-0.15, -0.1) is 0 Å². The Bertz CT molecular complexity index is 2930. The number of benzene rings is 9. The fourth-order valence-corrected chi connectivity index (χ4v) is 9.61. The molecule has 0 radical (unpaired) electrons. The van der Waals surface area contributed by atoms with Crippen molar-refractivity contribution in [3.05, 3.63) is 204 Å². The van der Waals surface area contributed by atoms with Gasteiger partial charge in [-0.3, -0.25) is 0 Å². The summed E-state index contributed by atoms with van der Waals surface area (Å²) in [6.45, 7) is 0. The van der Waals surface area contributed by atoms with E-state index in [0.717, 1.165) is 22.4 Å². The van der Waals surface area contributed by atoms with E-state index in [0.29, 0.717) is 0 Å². The molecule has 2 aliphatic carbocycles. The highest BCUT2D eigenvalue weighted by molar-refractivity contribution is 6.13. The summed E-state index contributed by atoms with van der Waals surface area (Å²) >= 11 is 0. The van der Waals surface area contributed by atoms with Gasteiger partial charge in [0.1, 0.15) is 0 Å². The van der Waals surface area contributed by atoms with Crippen molar-refractivity contribution in [3.63, 3.8) is 0 Å². The first-order chi connectivity index (χ1) is 25.8. The molecule has 242 valence electrons. The molecule has 0 saturated carbocycles. The topological polar surface area (TPSA) is 21.3 Å². The van der Waals surface area contributed by atoms with Crippen LogP contribution in [0.4, 0.5) is 5.69 Å². The molecular formula is C50H31NO. The maximum atomic E-state index is 6.64. The van der Waals surface area contributed by atoms with Crippen LogP contribution in [0.3, 0.4) is 0 Å². The Morgan fingerprint density at radius 1 is 0.423 bits per heavy atom. The SMILES string of the molecule is c1ccc(C2Nc3ccc4ccc5cc(-c6ccc7c(c6)C6(c8ccccc8-c8ccccc86)c6cc8ccccc8cc6-7)ccc5c4c3O2)cc1. The van der Waals surface area contributed by atoms with Crippen LogP contribution < -0.4 is 10.1 Å². The van der Waals surface area contributed by atoms with Crippen LogP contribution in [0.5, 0.6) is 5.75 Å². The number of nitrogens with one attached hydrogen (secondary N) is 1. The maximum absolute atomic E-state index is 6.64. The standard InChI is InChI=1S/C50H31NO/c1-2-10-31(11-3-1)49-51-46-25-22-30-18-19-36-26-34(20-23-37(36)47(30)48(46)52-49)35-21-24-40-41-27-32-12-4-5-13-33(32)28-45(41)50(44(40)29-35)42-16-8-6-14-38(42)39-15-7-9-17-43(39)50/h1-29,49,51H. The van der Waals surface area contributed by atoms with Crippen LogP contribution in [0.1, 0.15) is 34.0 Å². The van der Waals surface area contributed by atoms with E-state index in [1.807, 2.05) is 6.07 Å². The summed E-state index contributed by atoms with van der Waals surface area (Å²) in [5.74, 6) is 0.924. The zero-order valence-electron chi connectivity index (χ0n) is 28.2. The second kappa shape index (κ2) is 10.2. The molecule has 0 amide bonds. The molecule has 0 aromatic heterocycles. The highest BCUT2D eigenvalue weighted by Gasteiger charge is 2.51. The molecule has 52 heavy (non-hydrogen) atoms. The number of hydrogen-bond acceptors (Lipinski definition) is 2. The van der Waals surface area contributed by atoms with Gasteiger partial charge >= 0.3 is 0 Å². The maximum Gasteiger partial charge on any atom is 0.196 e. The smallest absolute Gasteiger partial charge is 0.196 e. The summed E-state index contributed by atoms with van der Waals surface area (Å²) in [6, 6.07) is 65.1. The lowest BCUT2D eigenvalue weighted by Gasteiger charge is -2.31. The van der Waals surface area contributed by atoms with E-state index in [2.05, 4.69) is 175 Å². The Morgan fingerprint density at radius 2 is 1.04 bits per heavy atom. The molecule has 0 saturated heterocycles. The van der Waals surface area contributed by atoms with Crippen LogP contribution in [0.2, 0.25) is 0 Å². The molecule has 1 atom stereocenters. The normalized spacial score (nSPS) is 15.6. The first-order valence-corrected chi connectivity index (χ1v) is 18.1. The Kier molecular flexibility index (Phi) is 5.52. The van der Waals surface area contributed by atoms with E-state index in [-0.39, 0.29) is 6.23 Å². The lowest BCUT2D eigenvalue weighted by atomic mass is 9.70. The quantitative estimate of drug-likeness (QED) is 0.186. The third kappa shape index (κ3) is 3.63. The Morgan fingerprint density at radius 3 is 1.85 bits per heavy atom. The van der Waals surface area contributed by atoms with Crippen molar-refractivity contribution in [2.45, 2.75) is 11.6 Å². The van der Waals surface area contributed by atoms with Crippen molar-refractivity contribution in [1.82, 2.24) is 0 Å². The first kappa shape index (κ1) is 28.1. The second-order valence-corrected chi connectivity index (χ2v) is 14.4. The molecule has 1 aliphatic heterocycles. The zero-order valence-corrected chi connectivity index (χ0v) is 28.2. The molecule has 0 fully saturated rings.